The highest BCUT2D eigenvalue weighted by Crippen LogP contribution is 2.19. The standard InChI is InChI=1S/C15H15N5O2/c1-9-16-8-13(17-9)10-2-4-11(5-3-10)18-15(22)12-6-7-14(21)20-19-12/h2-5,8H,6-7H2,1H3,(H,16,17)(H,18,22)(H,20,21). The molecule has 0 atom stereocenters. The van der Waals surface area contributed by atoms with Crippen molar-refractivity contribution < 1.29 is 9.59 Å². The van der Waals surface area contributed by atoms with E-state index in [-0.39, 0.29) is 18.2 Å². The van der Waals surface area contributed by atoms with Gasteiger partial charge in [-0.1, -0.05) is 12.1 Å². The van der Waals surface area contributed by atoms with Gasteiger partial charge in [-0.3, -0.25) is 9.59 Å². The van der Waals surface area contributed by atoms with Gasteiger partial charge in [0.2, 0.25) is 5.91 Å². The van der Waals surface area contributed by atoms with Gasteiger partial charge < -0.3 is 10.3 Å². The van der Waals surface area contributed by atoms with Crippen molar-refractivity contribution in [1.82, 2.24) is 15.4 Å². The number of hydrogen-bond donors (Lipinski definition) is 3. The number of imidazole rings is 1. The highest BCUT2D eigenvalue weighted by molar-refractivity contribution is 6.43. The summed E-state index contributed by atoms with van der Waals surface area (Å²) in [4.78, 5) is 30.3. The average molecular weight is 297 g/mol. The van der Waals surface area contributed by atoms with Crippen LogP contribution < -0.4 is 10.7 Å². The van der Waals surface area contributed by atoms with Crippen molar-refractivity contribution in [2.24, 2.45) is 5.10 Å². The first-order valence-corrected chi connectivity index (χ1v) is 6.90. The fourth-order valence-electron chi connectivity index (χ4n) is 2.14. The molecule has 1 aliphatic heterocycles. The molecule has 7 nitrogen and oxygen atoms in total. The number of nitrogens with zero attached hydrogens (tertiary/aromatic N) is 2. The van der Waals surface area contributed by atoms with E-state index in [1.165, 1.54) is 0 Å². The van der Waals surface area contributed by atoms with Crippen molar-refractivity contribution in [3.05, 3.63) is 36.3 Å². The number of rotatable bonds is 3. The number of hydrogen-bond acceptors (Lipinski definition) is 4. The third kappa shape index (κ3) is 3.03. The second-order valence-corrected chi connectivity index (χ2v) is 5.01. The van der Waals surface area contributed by atoms with Gasteiger partial charge in [-0.2, -0.15) is 5.10 Å². The number of aromatic nitrogens is 2. The third-order valence-electron chi connectivity index (χ3n) is 3.32. The molecule has 3 rings (SSSR count). The van der Waals surface area contributed by atoms with Gasteiger partial charge in [0.05, 0.1) is 11.9 Å². The summed E-state index contributed by atoms with van der Waals surface area (Å²) in [6.07, 6.45) is 2.40. The number of benzene rings is 1. The van der Waals surface area contributed by atoms with E-state index in [2.05, 4.69) is 25.8 Å². The Morgan fingerprint density at radius 3 is 2.59 bits per heavy atom. The molecule has 0 aliphatic carbocycles. The lowest BCUT2D eigenvalue weighted by Crippen LogP contribution is -2.32. The summed E-state index contributed by atoms with van der Waals surface area (Å²) < 4.78 is 0. The number of carbonyl (C=O) groups is 2. The molecule has 7 heteroatoms. The number of aromatic amines is 1. The van der Waals surface area contributed by atoms with Gasteiger partial charge in [-0.15, -0.1) is 0 Å². The van der Waals surface area contributed by atoms with E-state index in [4.69, 9.17) is 0 Å². The Hall–Kier alpha value is -2.96. The summed E-state index contributed by atoms with van der Waals surface area (Å²) in [6.45, 7) is 1.89. The van der Waals surface area contributed by atoms with E-state index in [0.29, 0.717) is 17.8 Å². The quantitative estimate of drug-likeness (QED) is 0.802. The van der Waals surface area contributed by atoms with Crippen molar-refractivity contribution in [2.75, 3.05) is 5.32 Å². The molecule has 2 heterocycles. The molecule has 0 saturated heterocycles. The van der Waals surface area contributed by atoms with Gasteiger partial charge in [0.1, 0.15) is 11.5 Å². The van der Waals surface area contributed by atoms with Gasteiger partial charge in [0, 0.05) is 18.5 Å². The number of hydrazone groups is 1. The van der Waals surface area contributed by atoms with Crippen LogP contribution in [0.15, 0.2) is 35.6 Å². The number of nitrogens with one attached hydrogen (secondary N) is 3. The Morgan fingerprint density at radius 2 is 2.00 bits per heavy atom. The number of amides is 2. The second kappa shape index (κ2) is 5.80. The predicted octanol–water partition coefficient (Wildman–Crippen LogP) is 1.59. The highest BCUT2D eigenvalue weighted by Gasteiger charge is 2.18. The molecular formula is C15H15N5O2. The molecule has 2 amide bonds. The zero-order valence-corrected chi connectivity index (χ0v) is 12.0. The first-order chi connectivity index (χ1) is 10.6. The molecular weight excluding hydrogens is 282 g/mol. The maximum atomic E-state index is 12.0. The maximum Gasteiger partial charge on any atom is 0.271 e. The molecule has 2 aromatic rings. The van der Waals surface area contributed by atoms with Gasteiger partial charge in [-0.05, 0) is 24.6 Å². The molecule has 1 aromatic heterocycles. The number of anilines is 1. The first kappa shape index (κ1) is 14.0. The second-order valence-electron chi connectivity index (χ2n) is 5.01. The molecule has 112 valence electrons. The fourth-order valence-corrected chi connectivity index (χ4v) is 2.14. The normalized spacial score (nSPS) is 14.2. The van der Waals surface area contributed by atoms with Crippen molar-refractivity contribution in [2.45, 2.75) is 19.8 Å². The van der Waals surface area contributed by atoms with Crippen LogP contribution in [0.25, 0.3) is 11.3 Å². The Balaban J connectivity index is 1.68. The molecule has 1 aromatic carbocycles. The summed E-state index contributed by atoms with van der Waals surface area (Å²) >= 11 is 0. The molecule has 3 N–H and O–H groups in total. The van der Waals surface area contributed by atoms with E-state index in [0.717, 1.165) is 17.1 Å². The van der Waals surface area contributed by atoms with Gasteiger partial charge in [-0.25, -0.2) is 10.4 Å². The van der Waals surface area contributed by atoms with Gasteiger partial charge in [0.15, 0.2) is 0 Å². The average Bonchev–Trinajstić information content (AvgIpc) is 2.95. The molecule has 22 heavy (non-hydrogen) atoms. The number of aryl methyl sites for hydroxylation is 1. The molecule has 0 fully saturated rings. The van der Waals surface area contributed by atoms with Gasteiger partial charge >= 0.3 is 0 Å². The molecule has 1 aliphatic rings. The van der Waals surface area contributed by atoms with Crippen LogP contribution in [0.1, 0.15) is 18.7 Å². The van der Waals surface area contributed by atoms with Crippen LogP contribution in [0.5, 0.6) is 0 Å². The van der Waals surface area contributed by atoms with Crippen LogP contribution in [0.2, 0.25) is 0 Å². The molecule has 0 saturated carbocycles. The zero-order valence-electron chi connectivity index (χ0n) is 12.0. The van der Waals surface area contributed by atoms with E-state index in [9.17, 15) is 9.59 Å². The van der Waals surface area contributed by atoms with Crippen molar-refractivity contribution in [3.63, 3.8) is 0 Å². The summed E-state index contributed by atoms with van der Waals surface area (Å²) in [5.74, 6) is 0.380. The maximum absolute atomic E-state index is 12.0. The minimum absolute atomic E-state index is 0.171. The minimum Gasteiger partial charge on any atom is -0.342 e. The molecule has 0 spiro atoms. The summed E-state index contributed by atoms with van der Waals surface area (Å²) in [7, 11) is 0. The largest absolute Gasteiger partial charge is 0.342 e. The SMILES string of the molecule is Cc1ncc(-c2ccc(NC(=O)C3=NNC(=O)CC3)cc2)[nH]1. The Bertz CT molecular complexity index is 746. The lowest BCUT2D eigenvalue weighted by Gasteiger charge is -2.12. The Labute approximate surface area is 126 Å². The van der Waals surface area contributed by atoms with Crippen molar-refractivity contribution in [1.29, 1.82) is 0 Å². The van der Waals surface area contributed by atoms with E-state index >= 15 is 0 Å². The molecule has 0 bridgehead atoms. The van der Waals surface area contributed by atoms with Crippen LogP contribution in [0, 0.1) is 6.92 Å². The van der Waals surface area contributed by atoms with Gasteiger partial charge in [0.25, 0.3) is 5.91 Å². The minimum atomic E-state index is -0.301. The van der Waals surface area contributed by atoms with E-state index < -0.39 is 0 Å². The smallest absolute Gasteiger partial charge is 0.271 e. The van der Waals surface area contributed by atoms with Crippen LogP contribution in [-0.4, -0.2) is 27.5 Å². The number of H-pyrrole nitrogens is 1. The van der Waals surface area contributed by atoms with E-state index in [1.54, 1.807) is 6.20 Å². The van der Waals surface area contributed by atoms with Crippen LogP contribution in [-0.2, 0) is 9.59 Å². The molecule has 0 radical (unpaired) electrons. The van der Waals surface area contributed by atoms with E-state index in [1.807, 2.05) is 31.2 Å². The summed E-state index contributed by atoms with van der Waals surface area (Å²) in [5.41, 5.74) is 5.22. The first-order valence-electron chi connectivity index (χ1n) is 6.90. The Morgan fingerprint density at radius 1 is 1.23 bits per heavy atom. The zero-order chi connectivity index (χ0) is 15.5. The van der Waals surface area contributed by atoms with Crippen LogP contribution in [0.3, 0.4) is 0 Å². The predicted molar refractivity (Wildman–Crippen MR) is 82.2 cm³/mol. The number of carbonyl (C=O) groups excluding carboxylic acids is 2. The molecule has 0 unspecified atom stereocenters. The lowest BCUT2D eigenvalue weighted by molar-refractivity contribution is -0.121. The van der Waals surface area contributed by atoms with Crippen LogP contribution in [0.4, 0.5) is 5.69 Å². The van der Waals surface area contributed by atoms with Crippen LogP contribution >= 0.6 is 0 Å². The van der Waals surface area contributed by atoms with Crippen molar-refractivity contribution in [3.8, 4) is 11.3 Å². The Kier molecular flexibility index (Phi) is 3.69. The third-order valence-corrected chi connectivity index (χ3v) is 3.32. The summed E-state index contributed by atoms with van der Waals surface area (Å²) in [6, 6.07) is 7.41. The lowest BCUT2D eigenvalue weighted by atomic mass is 10.1. The van der Waals surface area contributed by atoms with Crippen molar-refractivity contribution >= 4 is 23.2 Å². The highest BCUT2D eigenvalue weighted by atomic mass is 16.2. The monoisotopic (exact) mass is 297 g/mol. The fraction of sp³-hybridized carbons (Fsp3) is 0.200. The summed E-state index contributed by atoms with van der Waals surface area (Å²) in [5, 5.41) is 6.53. The topological polar surface area (TPSA) is 99.2 Å².